The Balaban J connectivity index is 2.01. The maximum atomic E-state index is 12.3. The van der Waals surface area contributed by atoms with Crippen LogP contribution in [0.3, 0.4) is 0 Å². The average molecular weight is 394 g/mol. The number of hydrogen-bond donors (Lipinski definition) is 2. The third-order valence-electron chi connectivity index (χ3n) is 4.85. The standard InChI is InChI=1S/C17H22N4O5S/c1-27(24,25)26-9-11-2-3-13(22)8-21-5-4-10-6-12(7-14(11)15(10)21)16(23)20-17(18)19/h2-3,6-7,10-11,15H,4-5,8-9H2,1H3,(H4,18,19,20,23). The van der Waals surface area contributed by atoms with Crippen molar-refractivity contribution in [2.24, 2.45) is 28.3 Å². The SMILES string of the molecule is CS(=O)(=O)OCC1C=CC(=O)CN2CCC3C=C(C(=O)N=C(N)N)C=C1C32. The molecule has 1 saturated heterocycles. The van der Waals surface area contributed by atoms with E-state index in [1.165, 1.54) is 6.08 Å². The minimum atomic E-state index is -3.65. The van der Waals surface area contributed by atoms with Gasteiger partial charge in [0.1, 0.15) is 0 Å². The molecule has 0 spiro atoms. The third-order valence-corrected chi connectivity index (χ3v) is 5.41. The van der Waals surface area contributed by atoms with Crippen LogP contribution in [0.5, 0.6) is 0 Å². The Bertz CT molecular complexity index is 883. The molecule has 146 valence electrons. The minimum Gasteiger partial charge on any atom is -0.370 e. The van der Waals surface area contributed by atoms with Crippen molar-refractivity contribution in [1.82, 2.24) is 4.90 Å². The summed E-state index contributed by atoms with van der Waals surface area (Å²) in [5.74, 6) is -1.38. The lowest BCUT2D eigenvalue weighted by Gasteiger charge is -2.35. The maximum absolute atomic E-state index is 12.3. The van der Waals surface area contributed by atoms with Crippen LogP contribution in [0.1, 0.15) is 6.42 Å². The van der Waals surface area contributed by atoms with Gasteiger partial charge in [-0.2, -0.15) is 13.4 Å². The fourth-order valence-electron chi connectivity index (χ4n) is 3.81. The van der Waals surface area contributed by atoms with E-state index < -0.39 is 21.9 Å². The van der Waals surface area contributed by atoms with Gasteiger partial charge < -0.3 is 11.5 Å². The lowest BCUT2D eigenvalue weighted by atomic mass is 9.79. The van der Waals surface area contributed by atoms with Gasteiger partial charge in [-0.05, 0) is 36.6 Å². The summed E-state index contributed by atoms with van der Waals surface area (Å²) in [6.07, 6.45) is 8.33. The fraction of sp³-hybridized carbons (Fsp3) is 0.471. The van der Waals surface area contributed by atoms with Crippen molar-refractivity contribution >= 4 is 27.8 Å². The first kappa shape index (κ1) is 19.5. The second kappa shape index (κ2) is 7.37. The molecule has 1 fully saturated rings. The molecule has 1 amide bonds. The van der Waals surface area contributed by atoms with E-state index in [2.05, 4.69) is 4.99 Å². The van der Waals surface area contributed by atoms with Gasteiger partial charge in [-0.3, -0.25) is 18.7 Å². The van der Waals surface area contributed by atoms with Crippen molar-refractivity contribution in [2.75, 3.05) is 26.0 Å². The second-order valence-electron chi connectivity index (χ2n) is 6.90. The number of nitrogens with two attached hydrogens (primary N) is 2. The summed E-state index contributed by atoms with van der Waals surface area (Å²) in [4.78, 5) is 30.1. The van der Waals surface area contributed by atoms with Gasteiger partial charge in [0.15, 0.2) is 11.7 Å². The van der Waals surface area contributed by atoms with Crippen molar-refractivity contribution < 1.29 is 22.2 Å². The Kier molecular flexibility index (Phi) is 5.31. The van der Waals surface area contributed by atoms with Crippen LogP contribution in [-0.4, -0.2) is 63.0 Å². The van der Waals surface area contributed by atoms with E-state index in [9.17, 15) is 18.0 Å². The van der Waals surface area contributed by atoms with Crippen LogP contribution < -0.4 is 11.5 Å². The monoisotopic (exact) mass is 394 g/mol. The summed E-state index contributed by atoms with van der Waals surface area (Å²) in [5.41, 5.74) is 11.8. The van der Waals surface area contributed by atoms with Gasteiger partial charge in [0.2, 0.25) is 0 Å². The molecule has 0 aromatic heterocycles. The zero-order chi connectivity index (χ0) is 19.8. The molecule has 2 heterocycles. The van der Waals surface area contributed by atoms with Crippen LogP contribution in [0.4, 0.5) is 0 Å². The number of ketones is 1. The van der Waals surface area contributed by atoms with Gasteiger partial charge in [-0.1, -0.05) is 12.2 Å². The zero-order valence-corrected chi connectivity index (χ0v) is 15.7. The van der Waals surface area contributed by atoms with E-state index in [1.807, 2.05) is 11.0 Å². The fourth-order valence-corrected chi connectivity index (χ4v) is 4.21. The van der Waals surface area contributed by atoms with E-state index in [-0.39, 0.29) is 36.9 Å². The minimum absolute atomic E-state index is 0.0122. The molecular weight excluding hydrogens is 372 g/mol. The van der Waals surface area contributed by atoms with Crippen LogP contribution in [0, 0.1) is 11.8 Å². The molecule has 0 aromatic carbocycles. The Hall–Kier alpha value is -2.30. The number of amides is 1. The molecule has 3 rings (SSSR count). The Labute approximate surface area is 157 Å². The Morgan fingerprint density at radius 1 is 1.41 bits per heavy atom. The highest BCUT2D eigenvalue weighted by Gasteiger charge is 2.41. The number of guanidine groups is 1. The molecule has 3 atom stereocenters. The van der Waals surface area contributed by atoms with Crippen molar-refractivity contribution in [2.45, 2.75) is 12.5 Å². The molecule has 1 aliphatic carbocycles. The smallest absolute Gasteiger partial charge is 0.279 e. The maximum Gasteiger partial charge on any atom is 0.279 e. The van der Waals surface area contributed by atoms with Gasteiger partial charge in [0.05, 0.1) is 19.4 Å². The predicted molar refractivity (Wildman–Crippen MR) is 98.9 cm³/mol. The molecule has 27 heavy (non-hydrogen) atoms. The molecule has 0 bridgehead atoms. The number of nitrogens with zero attached hydrogens (tertiary/aromatic N) is 2. The molecule has 4 N–H and O–H groups in total. The molecule has 0 radical (unpaired) electrons. The molecule has 10 heteroatoms. The summed E-state index contributed by atoms with van der Waals surface area (Å²) in [5, 5.41) is 0. The highest BCUT2D eigenvalue weighted by atomic mass is 32.2. The van der Waals surface area contributed by atoms with Crippen LogP contribution in [0.15, 0.2) is 40.4 Å². The van der Waals surface area contributed by atoms with Crippen molar-refractivity contribution in [3.05, 3.63) is 35.5 Å². The van der Waals surface area contributed by atoms with E-state index in [0.717, 1.165) is 18.2 Å². The molecule has 3 aliphatic rings. The van der Waals surface area contributed by atoms with Crippen LogP contribution in [0.25, 0.3) is 0 Å². The lowest BCUT2D eigenvalue weighted by Crippen LogP contribution is -2.42. The topological polar surface area (TPSA) is 145 Å². The Morgan fingerprint density at radius 3 is 2.81 bits per heavy atom. The van der Waals surface area contributed by atoms with E-state index in [0.29, 0.717) is 12.1 Å². The number of carbonyl (C=O) groups excluding carboxylic acids is 2. The third kappa shape index (κ3) is 4.52. The first-order valence-corrected chi connectivity index (χ1v) is 10.3. The number of carbonyl (C=O) groups is 2. The predicted octanol–water partition coefficient (Wildman–Crippen LogP) is -0.925. The van der Waals surface area contributed by atoms with Gasteiger partial charge >= 0.3 is 0 Å². The molecule has 9 nitrogen and oxygen atoms in total. The summed E-state index contributed by atoms with van der Waals surface area (Å²) >= 11 is 0. The molecule has 0 aromatic rings. The van der Waals surface area contributed by atoms with E-state index >= 15 is 0 Å². The first-order chi connectivity index (χ1) is 12.6. The van der Waals surface area contributed by atoms with Gasteiger partial charge in [0, 0.05) is 17.5 Å². The van der Waals surface area contributed by atoms with E-state index in [4.69, 9.17) is 15.7 Å². The molecule has 3 unspecified atom stereocenters. The summed E-state index contributed by atoms with van der Waals surface area (Å²) in [6, 6.07) is -0.0946. The summed E-state index contributed by atoms with van der Waals surface area (Å²) < 4.78 is 27.8. The van der Waals surface area contributed by atoms with Crippen LogP contribution >= 0.6 is 0 Å². The second-order valence-corrected chi connectivity index (χ2v) is 8.54. The van der Waals surface area contributed by atoms with Crippen molar-refractivity contribution in [3.8, 4) is 0 Å². The summed E-state index contributed by atoms with van der Waals surface area (Å²) in [6.45, 7) is 0.834. The van der Waals surface area contributed by atoms with Gasteiger partial charge in [-0.25, -0.2) is 0 Å². The van der Waals surface area contributed by atoms with Crippen molar-refractivity contribution in [3.63, 3.8) is 0 Å². The highest BCUT2D eigenvalue weighted by molar-refractivity contribution is 7.85. The number of hydrogen-bond acceptors (Lipinski definition) is 6. The molecular formula is C17H22N4O5S. The molecule has 0 saturated carbocycles. The normalized spacial score (nSPS) is 27.9. The first-order valence-electron chi connectivity index (χ1n) is 8.51. The average Bonchev–Trinajstić information content (AvgIpc) is 2.94. The quantitative estimate of drug-likeness (QED) is 0.353. The zero-order valence-electron chi connectivity index (χ0n) is 14.9. The van der Waals surface area contributed by atoms with Crippen LogP contribution in [0.2, 0.25) is 0 Å². The summed E-state index contributed by atoms with van der Waals surface area (Å²) in [7, 11) is -3.65. The number of aliphatic imine (C=N–C) groups is 1. The van der Waals surface area contributed by atoms with Crippen molar-refractivity contribution in [1.29, 1.82) is 0 Å². The largest absolute Gasteiger partial charge is 0.370 e. The lowest BCUT2D eigenvalue weighted by molar-refractivity contribution is -0.116. The Morgan fingerprint density at radius 2 is 2.15 bits per heavy atom. The van der Waals surface area contributed by atoms with Crippen LogP contribution in [-0.2, 0) is 23.9 Å². The number of rotatable bonds is 4. The highest BCUT2D eigenvalue weighted by Crippen LogP contribution is 2.40. The van der Waals surface area contributed by atoms with Gasteiger partial charge in [0.25, 0.3) is 16.0 Å². The van der Waals surface area contributed by atoms with E-state index in [1.54, 1.807) is 12.2 Å². The van der Waals surface area contributed by atoms with Gasteiger partial charge in [-0.15, -0.1) is 0 Å². The molecule has 2 aliphatic heterocycles.